The van der Waals surface area contributed by atoms with Gasteiger partial charge < -0.3 is 20.2 Å². The number of aryl methyl sites for hydroxylation is 2. The molecule has 0 unspecified atom stereocenters. The summed E-state index contributed by atoms with van der Waals surface area (Å²) >= 11 is 3.15. The first-order valence-electron chi connectivity index (χ1n) is 12.0. The van der Waals surface area contributed by atoms with Crippen molar-refractivity contribution in [2.75, 3.05) is 11.9 Å². The van der Waals surface area contributed by atoms with E-state index in [0.29, 0.717) is 24.2 Å². The van der Waals surface area contributed by atoms with Crippen LogP contribution in [-0.2, 0) is 4.84 Å². The maximum atomic E-state index is 13.3. The van der Waals surface area contributed by atoms with E-state index in [2.05, 4.69) is 25.4 Å². The Morgan fingerprint density at radius 1 is 1.25 bits per heavy atom. The number of pyridine rings is 1. The first kappa shape index (κ1) is 24.8. The van der Waals surface area contributed by atoms with E-state index in [1.807, 2.05) is 36.3 Å². The second-order valence-corrected chi connectivity index (χ2v) is 12.1. The number of hydrogen-bond donors (Lipinski definition) is 2. The largest absolute Gasteiger partial charge is 0.393 e. The van der Waals surface area contributed by atoms with Crippen LogP contribution in [-0.4, -0.2) is 60.9 Å². The van der Waals surface area contributed by atoms with Gasteiger partial charge in [-0.15, -0.1) is 22.7 Å². The number of carbonyl (C=O) groups is 1. The van der Waals surface area contributed by atoms with Crippen molar-refractivity contribution in [2.24, 2.45) is 5.16 Å². The van der Waals surface area contributed by atoms with Crippen molar-refractivity contribution in [1.29, 1.82) is 0 Å². The minimum atomic E-state index is -0.921. The van der Waals surface area contributed by atoms with Crippen molar-refractivity contribution in [3.05, 3.63) is 40.0 Å². The molecule has 5 rings (SSSR count). The SMILES string of the molecule is Cc1nc(C)c(-c2csc(Nc3ccc(C(=O)N4[C@@H]5CC[C@H]4CC(=NOCC(C)(C)O)C5)cn3)n2)s1. The number of piperidine rings is 1. The Labute approximate surface area is 218 Å². The topological polar surface area (TPSA) is 113 Å². The van der Waals surface area contributed by atoms with Gasteiger partial charge in [0.1, 0.15) is 12.4 Å². The molecule has 2 fully saturated rings. The van der Waals surface area contributed by atoms with E-state index >= 15 is 0 Å². The van der Waals surface area contributed by atoms with Gasteiger partial charge >= 0.3 is 0 Å². The molecule has 2 atom stereocenters. The van der Waals surface area contributed by atoms with Crippen molar-refractivity contribution < 1.29 is 14.7 Å². The number of aliphatic hydroxyl groups is 1. The van der Waals surface area contributed by atoms with Gasteiger partial charge in [-0.2, -0.15) is 0 Å². The highest BCUT2D eigenvalue weighted by Crippen LogP contribution is 2.36. The molecule has 3 aromatic heterocycles. The zero-order valence-corrected chi connectivity index (χ0v) is 22.4. The fourth-order valence-corrected chi connectivity index (χ4v) is 6.40. The van der Waals surface area contributed by atoms with Crippen molar-refractivity contribution >= 4 is 45.2 Å². The molecule has 2 saturated heterocycles. The van der Waals surface area contributed by atoms with Gasteiger partial charge in [0.25, 0.3) is 5.91 Å². The van der Waals surface area contributed by atoms with Gasteiger partial charge in [-0.1, -0.05) is 5.16 Å². The summed E-state index contributed by atoms with van der Waals surface area (Å²) in [6.45, 7) is 7.51. The summed E-state index contributed by atoms with van der Waals surface area (Å²) in [5.74, 6) is 0.648. The number of rotatable bonds is 7. The summed E-state index contributed by atoms with van der Waals surface area (Å²) in [5.41, 5.74) is 2.51. The van der Waals surface area contributed by atoms with Gasteiger partial charge in [-0.3, -0.25) is 4.79 Å². The molecule has 190 valence electrons. The predicted octanol–water partition coefficient (Wildman–Crippen LogP) is 4.93. The van der Waals surface area contributed by atoms with Crippen LogP contribution in [0.25, 0.3) is 10.6 Å². The number of nitrogens with zero attached hydrogens (tertiary/aromatic N) is 5. The Bertz CT molecular complexity index is 1260. The summed E-state index contributed by atoms with van der Waals surface area (Å²) in [5, 5.41) is 21.1. The molecule has 2 bridgehead atoms. The van der Waals surface area contributed by atoms with Gasteiger partial charge in [-0.05, 0) is 52.7 Å². The third-order valence-corrected chi connectivity index (χ3v) is 8.15. The highest BCUT2D eigenvalue weighted by molar-refractivity contribution is 7.16. The van der Waals surface area contributed by atoms with E-state index in [9.17, 15) is 9.90 Å². The van der Waals surface area contributed by atoms with Crippen LogP contribution in [0.5, 0.6) is 0 Å². The van der Waals surface area contributed by atoms with E-state index in [4.69, 9.17) is 4.84 Å². The molecule has 0 saturated carbocycles. The lowest BCUT2D eigenvalue weighted by Crippen LogP contribution is -2.47. The van der Waals surface area contributed by atoms with Crippen molar-refractivity contribution in [1.82, 2.24) is 19.9 Å². The molecular weight excluding hydrogens is 496 g/mol. The molecule has 11 heteroatoms. The number of hydrogen-bond acceptors (Lipinski definition) is 10. The molecule has 2 N–H and O–H groups in total. The van der Waals surface area contributed by atoms with Crippen LogP contribution in [0.15, 0.2) is 28.9 Å². The Morgan fingerprint density at radius 3 is 2.61 bits per heavy atom. The second kappa shape index (κ2) is 9.87. The van der Waals surface area contributed by atoms with Gasteiger partial charge in [0, 0.05) is 36.5 Å². The third kappa shape index (κ3) is 5.42. The zero-order valence-electron chi connectivity index (χ0n) is 20.8. The third-order valence-electron chi connectivity index (χ3n) is 6.29. The lowest BCUT2D eigenvalue weighted by Gasteiger charge is -2.35. The molecule has 1 amide bonds. The minimum absolute atomic E-state index is 0.00517. The predicted molar refractivity (Wildman–Crippen MR) is 142 cm³/mol. The Hall–Kier alpha value is -2.89. The summed E-state index contributed by atoms with van der Waals surface area (Å²) in [4.78, 5) is 35.4. The van der Waals surface area contributed by atoms with Crippen LogP contribution in [0, 0.1) is 13.8 Å². The quantitative estimate of drug-likeness (QED) is 0.420. The average molecular weight is 527 g/mol. The highest BCUT2D eigenvalue weighted by atomic mass is 32.1. The molecule has 2 aliphatic heterocycles. The van der Waals surface area contributed by atoms with Crippen LogP contribution in [0.1, 0.15) is 60.6 Å². The normalized spacial score (nSPS) is 20.7. The molecule has 0 aliphatic carbocycles. The van der Waals surface area contributed by atoms with Gasteiger partial charge in [-0.25, -0.2) is 15.0 Å². The average Bonchev–Trinajstić information content (AvgIpc) is 3.48. The van der Waals surface area contributed by atoms with E-state index in [-0.39, 0.29) is 24.6 Å². The summed E-state index contributed by atoms with van der Waals surface area (Å²) in [7, 11) is 0. The Balaban J connectivity index is 1.21. The van der Waals surface area contributed by atoms with Gasteiger partial charge in [0.2, 0.25) is 0 Å². The van der Waals surface area contributed by atoms with E-state index < -0.39 is 5.60 Å². The lowest BCUT2D eigenvalue weighted by atomic mass is 9.99. The van der Waals surface area contributed by atoms with Crippen LogP contribution >= 0.6 is 22.7 Å². The maximum Gasteiger partial charge on any atom is 0.255 e. The molecule has 3 aromatic rings. The molecule has 9 nitrogen and oxygen atoms in total. The summed E-state index contributed by atoms with van der Waals surface area (Å²) in [6.07, 6.45) is 4.95. The van der Waals surface area contributed by atoms with E-state index in [0.717, 1.165) is 45.0 Å². The Kier molecular flexibility index (Phi) is 6.80. The molecule has 2 aliphatic rings. The molecular formula is C25H30N6O3S2. The Morgan fingerprint density at radius 2 is 2.00 bits per heavy atom. The first-order chi connectivity index (χ1) is 17.2. The number of carbonyl (C=O) groups excluding carboxylic acids is 1. The van der Waals surface area contributed by atoms with Crippen LogP contribution in [0.3, 0.4) is 0 Å². The smallest absolute Gasteiger partial charge is 0.255 e. The van der Waals surface area contributed by atoms with Crippen molar-refractivity contribution in [3.8, 4) is 10.6 Å². The number of amides is 1. The van der Waals surface area contributed by atoms with Crippen molar-refractivity contribution in [3.63, 3.8) is 0 Å². The molecule has 0 radical (unpaired) electrons. The first-order valence-corrected chi connectivity index (χ1v) is 13.7. The molecule has 5 heterocycles. The number of fused-ring (bicyclic) bond motifs is 2. The number of anilines is 2. The van der Waals surface area contributed by atoms with E-state index in [1.165, 1.54) is 11.3 Å². The highest BCUT2D eigenvalue weighted by Gasteiger charge is 2.42. The maximum absolute atomic E-state index is 13.3. The number of oxime groups is 1. The van der Waals surface area contributed by atoms with Crippen LogP contribution < -0.4 is 5.32 Å². The number of aromatic nitrogens is 3. The fourth-order valence-electron chi connectivity index (χ4n) is 4.73. The van der Waals surface area contributed by atoms with Crippen LogP contribution in [0.2, 0.25) is 0 Å². The minimum Gasteiger partial charge on any atom is -0.393 e. The number of nitrogens with one attached hydrogen (secondary N) is 1. The molecule has 0 aromatic carbocycles. The van der Waals surface area contributed by atoms with Crippen molar-refractivity contribution in [2.45, 2.75) is 71.1 Å². The zero-order chi connectivity index (χ0) is 25.4. The lowest BCUT2D eigenvalue weighted by molar-refractivity contribution is -0.0197. The number of thiazole rings is 2. The van der Waals surface area contributed by atoms with Crippen LogP contribution in [0.4, 0.5) is 10.9 Å². The molecule has 36 heavy (non-hydrogen) atoms. The standard InChI is InChI=1S/C25H30N6O3S2/c1-14-22(36-15(2)27-14)20-12-35-24(28-20)29-21-8-5-16(11-26-21)23(32)31-18-6-7-19(31)10-17(9-18)30-34-13-25(3,4)33/h5,8,11-12,18-19,33H,6-7,9-10,13H2,1-4H3,(H,26,28,29)/t18-,19+. The second-order valence-electron chi connectivity index (χ2n) is 9.99. The van der Waals surface area contributed by atoms with E-state index in [1.54, 1.807) is 31.4 Å². The van der Waals surface area contributed by atoms with Gasteiger partial charge in [0.05, 0.1) is 38.1 Å². The fraction of sp³-hybridized carbons (Fsp3) is 0.480. The monoisotopic (exact) mass is 526 g/mol. The molecule has 0 spiro atoms. The summed E-state index contributed by atoms with van der Waals surface area (Å²) in [6, 6.07) is 3.87. The summed E-state index contributed by atoms with van der Waals surface area (Å²) < 4.78 is 0. The van der Waals surface area contributed by atoms with Gasteiger partial charge in [0.15, 0.2) is 5.13 Å².